The summed E-state index contributed by atoms with van der Waals surface area (Å²) in [6.45, 7) is 2.60. The van der Waals surface area contributed by atoms with Gasteiger partial charge < -0.3 is 20.1 Å². The molecule has 2 N–H and O–H groups in total. The Morgan fingerprint density at radius 3 is 2.32 bits per heavy atom. The highest BCUT2D eigenvalue weighted by Gasteiger charge is 2.06. The molecule has 7 heteroatoms. The largest absolute Gasteiger partial charge is 0.493 e. The maximum Gasteiger partial charge on any atom is 0.160 e. The zero-order valence-corrected chi connectivity index (χ0v) is 16.9. The Labute approximate surface area is 169 Å². The van der Waals surface area contributed by atoms with Crippen LogP contribution in [0.4, 0.5) is 17.3 Å². The third-order valence-corrected chi connectivity index (χ3v) is 4.37. The average Bonchev–Trinajstić information content (AvgIpc) is 2.69. The summed E-state index contributed by atoms with van der Waals surface area (Å²) in [6.07, 6.45) is 0.823. The summed E-state index contributed by atoms with van der Waals surface area (Å²) in [5.74, 6) is 3.64. The van der Waals surface area contributed by atoms with E-state index in [4.69, 9.17) is 21.1 Å². The minimum Gasteiger partial charge on any atom is -0.493 e. The molecule has 2 aromatic carbocycles. The number of benzene rings is 2. The molecular weight excluding hydrogens is 376 g/mol. The van der Waals surface area contributed by atoms with Gasteiger partial charge in [0.05, 0.1) is 14.2 Å². The van der Waals surface area contributed by atoms with E-state index in [0.717, 1.165) is 47.4 Å². The highest BCUT2D eigenvalue weighted by Crippen LogP contribution is 2.27. The van der Waals surface area contributed by atoms with E-state index < -0.39 is 0 Å². The van der Waals surface area contributed by atoms with Crippen LogP contribution in [-0.2, 0) is 6.42 Å². The molecule has 0 radical (unpaired) electrons. The highest BCUT2D eigenvalue weighted by atomic mass is 35.5. The smallest absolute Gasteiger partial charge is 0.160 e. The number of nitrogens with one attached hydrogen (secondary N) is 2. The SMILES string of the molecule is COc1ccc(CCNc2cc(Nc3ccc(Cl)cc3)nc(C)n2)cc1OC. The van der Waals surface area contributed by atoms with Crippen LogP contribution >= 0.6 is 11.6 Å². The fraction of sp³-hybridized carbons (Fsp3) is 0.238. The van der Waals surface area contributed by atoms with Crippen molar-refractivity contribution in [3.05, 3.63) is 64.9 Å². The molecule has 0 fully saturated rings. The third kappa shape index (κ3) is 5.27. The fourth-order valence-corrected chi connectivity index (χ4v) is 2.90. The third-order valence-electron chi connectivity index (χ3n) is 4.12. The van der Waals surface area contributed by atoms with E-state index in [-0.39, 0.29) is 0 Å². The van der Waals surface area contributed by atoms with Gasteiger partial charge in [0.1, 0.15) is 17.5 Å². The number of methoxy groups -OCH3 is 2. The Morgan fingerprint density at radius 1 is 0.893 bits per heavy atom. The molecule has 0 unspecified atom stereocenters. The number of rotatable bonds is 8. The zero-order chi connectivity index (χ0) is 19.9. The van der Waals surface area contributed by atoms with Gasteiger partial charge in [0, 0.05) is 23.3 Å². The fourth-order valence-electron chi connectivity index (χ4n) is 2.77. The van der Waals surface area contributed by atoms with Crippen molar-refractivity contribution in [3.8, 4) is 11.5 Å². The first-order chi connectivity index (χ1) is 13.6. The van der Waals surface area contributed by atoms with Crippen LogP contribution in [0, 0.1) is 6.92 Å². The van der Waals surface area contributed by atoms with Crippen molar-refractivity contribution in [3.63, 3.8) is 0 Å². The van der Waals surface area contributed by atoms with Crippen LogP contribution in [0.5, 0.6) is 11.5 Å². The van der Waals surface area contributed by atoms with Gasteiger partial charge in [-0.25, -0.2) is 9.97 Å². The predicted molar refractivity (Wildman–Crippen MR) is 113 cm³/mol. The van der Waals surface area contributed by atoms with Gasteiger partial charge in [-0.3, -0.25) is 0 Å². The van der Waals surface area contributed by atoms with Crippen LogP contribution in [0.25, 0.3) is 0 Å². The van der Waals surface area contributed by atoms with E-state index in [0.29, 0.717) is 10.8 Å². The summed E-state index contributed by atoms with van der Waals surface area (Å²) in [4.78, 5) is 8.89. The quantitative estimate of drug-likeness (QED) is 0.565. The van der Waals surface area contributed by atoms with Crippen LogP contribution < -0.4 is 20.1 Å². The first-order valence-corrected chi connectivity index (χ1v) is 9.28. The summed E-state index contributed by atoms with van der Waals surface area (Å²) in [7, 11) is 3.27. The normalized spacial score (nSPS) is 10.4. The van der Waals surface area contributed by atoms with Gasteiger partial charge in [-0.1, -0.05) is 17.7 Å². The number of anilines is 3. The molecule has 146 valence electrons. The Kier molecular flexibility index (Phi) is 6.55. The van der Waals surface area contributed by atoms with Gasteiger partial charge in [0.25, 0.3) is 0 Å². The second kappa shape index (κ2) is 9.28. The first kappa shape index (κ1) is 19.8. The maximum atomic E-state index is 5.93. The van der Waals surface area contributed by atoms with Crippen molar-refractivity contribution < 1.29 is 9.47 Å². The van der Waals surface area contributed by atoms with E-state index in [1.807, 2.05) is 55.5 Å². The van der Waals surface area contributed by atoms with Crippen molar-refractivity contribution >= 4 is 28.9 Å². The average molecular weight is 399 g/mol. The standard InChI is InChI=1S/C21H23ClN4O2/c1-14-24-20(13-21(25-14)26-17-7-5-16(22)6-8-17)23-11-10-15-4-9-18(27-2)19(12-15)28-3/h4-9,12-13H,10-11H2,1-3H3,(H2,23,24,25,26). The van der Waals surface area contributed by atoms with Gasteiger partial charge in [0.2, 0.25) is 0 Å². The highest BCUT2D eigenvalue weighted by molar-refractivity contribution is 6.30. The van der Waals surface area contributed by atoms with Crippen LogP contribution in [0.15, 0.2) is 48.5 Å². The van der Waals surface area contributed by atoms with Gasteiger partial charge in [0.15, 0.2) is 11.5 Å². The number of nitrogens with zero attached hydrogens (tertiary/aromatic N) is 2. The molecule has 0 saturated carbocycles. The number of halogens is 1. The first-order valence-electron chi connectivity index (χ1n) is 8.90. The second-order valence-corrected chi connectivity index (χ2v) is 6.62. The zero-order valence-electron chi connectivity index (χ0n) is 16.1. The van der Waals surface area contributed by atoms with Crippen LogP contribution in [0.3, 0.4) is 0 Å². The monoisotopic (exact) mass is 398 g/mol. The van der Waals surface area contributed by atoms with Gasteiger partial charge in [-0.05, 0) is 55.3 Å². The van der Waals surface area contributed by atoms with Crippen molar-refractivity contribution in [2.75, 3.05) is 31.4 Å². The molecule has 0 amide bonds. The molecule has 3 rings (SSSR count). The summed E-state index contributed by atoms with van der Waals surface area (Å²) in [5, 5.41) is 7.32. The molecule has 0 bridgehead atoms. The van der Waals surface area contributed by atoms with E-state index in [1.54, 1.807) is 14.2 Å². The molecular formula is C21H23ClN4O2. The summed E-state index contributed by atoms with van der Waals surface area (Å²) in [5.41, 5.74) is 2.06. The molecule has 6 nitrogen and oxygen atoms in total. The van der Waals surface area contributed by atoms with E-state index in [2.05, 4.69) is 20.6 Å². The van der Waals surface area contributed by atoms with E-state index in [1.165, 1.54) is 0 Å². The molecule has 0 spiro atoms. The Morgan fingerprint density at radius 2 is 1.61 bits per heavy atom. The minimum atomic E-state index is 0.688. The van der Waals surface area contributed by atoms with E-state index >= 15 is 0 Å². The molecule has 0 atom stereocenters. The van der Waals surface area contributed by atoms with Gasteiger partial charge in [-0.2, -0.15) is 0 Å². The van der Waals surface area contributed by atoms with Crippen LogP contribution in [-0.4, -0.2) is 30.7 Å². The lowest BCUT2D eigenvalue weighted by Crippen LogP contribution is -2.08. The Hall–Kier alpha value is -2.99. The lowest BCUT2D eigenvalue weighted by Gasteiger charge is -2.12. The lowest BCUT2D eigenvalue weighted by molar-refractivity contribution is 0.354. The topological polar surface area (TPSA) is 68.3 Å². The number of aryl methyl sites for hydroxylation is 1. The minimum absolute atomic E-state index is 0.688. The molecule has 0 saturated heterocycles. The summed E-state index contributed by atoms with van der Waals surface area (Å²) < 4.78 is 10.6. The van der Waals surface area contributed by atoms with Crippen molar-refractivity contribution in [1.29, 1.82) is 0 Å². The predicted octanol–water partition coefficient (Wildman–Crippen LogP) is 4.85. The molecule has 0 aliphatic carbocycles. The second-order valence-electron chi connectivity index (χ2n) is 6.18. The number of hydrogen-bond donors (Lipinski definition) is 2. The van der Waals surface area contributed by atoms with Crippen LogP contribution in [0.1, 0.15) is 11.4 Å². The summed E-state index contributed by atoms with van der Waals surface area (Å²) in [6, 6.07) is 15.3. The molecule has 0 aliphatic heterocycles. The summed E-state index contributed by atoms with van der Waals surface area (Å²) >= 11 is 5.93. The van der Waals surface area contributed by atoms with Crippen molar-refractivity contribution in [1.82, 2.24) is 9.97 Å². The van der Waals surface area contributed by atoms with Gasteiger partial charge >= 0.3 is 0 Å². The lowest BCUT2D eigenvalue weighted by atomic mass is 10.1. The molecule has 28 heavy (non-hydrogen) atoms. The number of aromatic nitrogens is 2. The van der Waals surface area contributed by atoms with Crippen molar-refractivity contribution in [2.24, 2.45) is 0 Å². The maximum absolute atomic E-state index is 5.93. The van der Waals surface area contributed by atoms with Crippen molar-refractivity contribution in [2.45, 2.75) is 13.3 Å². The Bertz CT molecular complexity index is 932. The molecule has 0 aliphatic rings. The Balaban J connectivity index is 1.63. The molecule has 3 aromatic rings. The number of ether oxygens (including phenoxy) is 2. The molecule has 1 aromatic heterocycles. The van der Waals surface area contributed by atoms with Crippen LogP contribution in [0.2, 0.25) is 5.02 Å². The molecule has 1 heterocycles. The van der Waals surface area contributed by atoms with Gasteiger partial charge in [-0.15, -0.1) is 0 Å². The number of hydrogen-bond acceptors (Lipinski definition) is 6. The van der Waals surface area contributed by atoms with E-state index in [9.17, 15) is 0 Å².